The normalized spacial score (nSPS) is 14.9. The average Bonchev–Trinajstić information content (AvgIpc) is 3.19. The van der Waals surface area contributed by atoms with Gasteiger partial charge >= 0.3 is 6.09 Å². The molecule has 1 fully saturated rings. The Hall–Kier alpha value is -3.19. The van der Waals surface area contributed by atoms with Gasteiger partial charge in [-0.2, -0.15) is 0 Å². The minimum Gasteiger partial charge on any atom is -0.493 e. The van der Waals surface area contributed by atoms with Gasteiger partial charge in [0.1, 0.15) is 6.61 Å². The van der Waals surface area contributed by atoms with E-state index in [2.05, 4.69) is 46.4 Å². The number of alkyl carbamates (subject to hydrolysis) is 1. The van der Waals surface area contributed by atoms with Crippen LogP contribution in [0.25, 0.3) is 22.2 Å². The van der Waals surface area contributed by atoms with Crippen LogP contribution in [-0.2, 0) is 4.74 Å². The van der Waals surface area contributed by atoms with Crippen molar-refractivity contribution in [2.45, 2.75) is 25.7 Å². The Morgan fingerprint density at radius 1 is 1.09 bits per heavy atom. The molecule has 33 heavy (non-hydrogen) atoms. The Bertz CT molecular complexity index is 1120. The number of amides is 1. The Labute approximate surface area is 195 Å². The summed E-state index contributed by atoms with van der Waals surface area (Å²) < 4.78 is 16.0. The standard InChI is InChI=1S/C26H33N3O4/c1-17-21-15-19(18-9-11-29(12-10-18)13-14-33-26(30)27-2)5-7-22(21)28-25(17)20-6-8-23(31-3)24(16-20)32-4/h5-8,15-16,18,28H,9-14H2,1-4H3,(H,27,30). The summed E-state index contributed by atoms with van der Waals surface area (Å²) in [5.41, 5.74) is 5.96. The Morgan fingerprint density at radius 3 is 2.55 bits per heavy atom. The molecule has 0 radical (unpaired) electrons. The smallest absolute Gasteiger partial charge is 0.406 e. The molecule has 0 spiro atoms. The summed E-state index contributed by atoms with van der Waals surface area (Å²) >= 11 is 0. The number of benzene rings is 2. The summed E-state index contributed by atoms with van der Waals surface area (Å²) in [5, 5.41) is 3.74. The molecule has 0 bridgehead atoms. The van der Waals surface area contributed by atoms with E-state index in [1.54, 1.807) is 21.3 Å². The van der Waals surface area contributed by atoms with E-state index < -0.39 is 0 Å². The first-order valence-electron chi connectivity index (χ1n) is 11.5. The number of carbonyl (C=O) groups excluding carboxylic acids is 1. The average molecular weight is 452 g/mol. The van der Waals surface area contributed by atoms with Gasteiger partial charge in [0.25, 0.3) is 0 Å². The molecule has 0 atom stereocenters. The number of aromatic nitrogens is 1. The van der Waals surface area contributed by atoms with Crippen molar-refractivity contribution in [2.24, 2.45) is 0 Å². The van der Waals surface area contributed by atoms with Gasteiger partial charge in [-0.1, -0.05) is 6.07 Å². The molecule has 1 aliphatic heterocycles. The lowest BCUT2D eigenvalue weighted by molar-refractivity contribution is 0.119. The molecule has 4 rings (SSSR count). The maximum absolute atomic E-state index is 11.2. The molecule has 1 aromatic heterocycles. The van der Waals surface area contributed by atoms with Gasteiger partial charge < -0.3 is 24.5 Å². The van der Waals surface area contributed by atoms with E-state index in [9.17, 15) is 4.79 Å². The largest absolute Gasteiger partial charge is 0.493 e. The second kappa shape index (κ2) is 10.2. The zero-order valence-corrected chi connectivity index (χ0v) is 19.9. The van der Waals surface area contributed by atoms with E-state index in [-0.39, 0.29) is 6.09 Å². The van der Waals surface area contributed by atoms with Crippen LogP contribution in [0, 0.1) is 6.92 Å². The van der Waals surface area contributed by atoms with Crippen LogP contribution in [0.5, 0.6) is 11.5 Å². The highest BCUT2D eigenvalue weighted by Gasteiger charge is 2.22. The van der Waals surface area contributed by atoms with E-state index >= 15 is 0 Å². The van der Waals surface area contributed by atoms with Crippen LogP contribution >= 0.6 is 0 Å². The predicted molar refractivity (Wildman–Crippen MR) is 130 cm³/mol. The van der Waals surface area contributed by atoms with Crippen LogP contribution in [0.1, 0.15) is 29.9 Å². The fourth-order valence-corrected chi connectivity index (χ4v) is 4.71. The topological polar surface area (TPSA) is 75.8 Å². The first-order valence-corrected chi connectivity index (χ1v) is 11.5. The van der Waals surface area contributed by atoms with Crippen LogP contribution in [0.4, 0.5) is 4.79 Å². The molecule has 7 heteroatoms. The summed E-state index contributed by atoms with van der Waals surface area (Å²) in [4.78, 5) is 17.2. The first kappa shape index (κ1) is 23.0. The minimum absolute atomic E-state index is 0.368. The number of hydrogen-bond acceptors (Lipinski definition) is 5. The van der Waals surface area contributed by atoms with Gasteiger partial charge in [-0.3, -0.25) is 4.90 Å². The van der Waals surface area contributed by atoms with Crippen LogP contribution in [0.3, 0.4) is 0 Å². The molecule has 1 amide bonds. The van der Waals surface area contributed by atoms with Crippen molar-refractivity contribution in [3.63, 3.8) is 0 Å². The van der Waals surface area contributed by atoms with Gasteiger partial charge in [0, 0.05) is 35.8 Å². The Kier molecular flexibility index (Phi) is 7.08. The maximum Gasteiger partial charge on any atom is 0.406 e. The number of hydrogen-bond donors (Lipinski definition) is 2. The van der Waals surface area contributed by atoms with Crippen LogP contribution in [0.15, 0.2) is 36.4 Å². The van der Waals surface area contributed by atoms with Crippen molar-refractivity contribution in [3.05, 3.63) is 47.5 Å². The fourth-order valence-electron chi connectivity index (χ4n) is 4.71. The van der Waals surface area contributed by atoms with Gasteiger partial charge in [0.05, 0.1) is 14.2 Å². The molecule has 0 saturated carbocycles. The molecular weight excluding hydrogens is 418 g/mol. The third-order valence-corrected chi connectivity index (χ3v) is 6.66. The number of rotatable bonds is 7. The van der Waals surface area contributed by atoms with E-state index in [0.717, 1.165) is 60.7 Å². The second-order valence-electron chi connectivity index (χ2n) is 8.50. The summed E-state index contributed by atoms with van der Waals surface area (Å²) in [6, 6.07) is 12.8. The molecule has 1 aliphatic rings. The van der Waals surface area contributed by atoms with Crippen molar-refractivity contribution < 1.29 is 19.0 Å². The molecule has 176 valence electrons. The van der Waals surface area contributed by atoms with Gasteiger partial charge in [-0.15, -0.1) is 0 Å². The van der Waals surface area contributed by atoms with Gasteiger partial charge in [-0.05, 0) is 80.2 Å². The van der Waals surface area contributed by atoms with Crippen molar-refractivity contribution in [3.8, 4) is 22.8 Å². The Balaban J connectivity index is 1.47. The van der Waals surface area contributed by atoms with Crippen LogP contribution in [-0.4, -0.2) is 63.5 Å². The highest BCUT2D eigenvalue weighted by Crippen LogP contribution is 2.37. The zero-order chi connectivity index (χ0) is 23.4. The maximum atomic E-state index is 11.2. The lowest BCUT2D eigenvalue weighted by atomic mass is 9.88. The molecule has 2 N–H and O–H groups in total. The first-order chi connectivity index (χ1) is 16.0. The van der Waals surface area contributed by atoms with E-state index in [1.807, 2.05) is 12.1 Å². The highest BCUT2D eigenvalue weighted by molar-refractivity contribution is 5.91. The van der Waals surface area contributed by atoms with Crippen molar-refractivity contribution in [1.29, 1.82) is 0 Å². The number of fused-ring (bicyclic) bond motifs is 1. The lowest BCUT2D eigenvalue weighted by Crippen LogP contribution is -2.36. The highest BCUT2D eigenvalue weighted by atomic mass is 16.5. The number of piperidine rings is 1. The summed E-state index contributed by atoms with van der Waals surface area (Å²) in [6.45, 7) is 5.41. The number of likely N-dealkylation sites (tertiary alicyclic amines) is 1. The molecule has 3 aromatic rings. The molecule has 1 saturated heterocycles. The SMILES string of the molecule is CNC(=O)OCCN1CCC(c2ccc3[nH]c(-c4ccc(OC)c(OC)c4)c(C)c3c2)CC1. The number of carbonyl (C=O) groups is 1. The number of ether oxygens (including phenoxy) is 3. The van der Waals surface area contributed by atoms with Gasteiger partial charge in [0.2, 0.25) is 0 Å². The van der Waals surface area contributed by atoms with Crippen molar-refractivity contribution >= 4 is 17.0 Å². The van der Waals surface area contributed by atoms with E-state index in [1.165, 1.54) is 16.5 Å². The second-order valence-corrected chi connectivity index (χ2v) is 8.50. The number of nitrogens with one attached hydrogen (secondary N) is 2. The lowest BCUT2D eigenvalue weighted by Gasteiger charge is -2.32. The molecule has 2 aromatic carbocycles. The van der Waals surface area contributed by atoms with Crippen LogP contribution in [0.2, 0.25) is 0 Å². The van der Waals surface area contributed by atoms with Crippen molar-refractivity contribution in [2.75, 3.05) is 47.5 Å². The molecular formula is C26H33N3O4. The number of aryl methyl sites for hydroxylation is 1. The zero-order valence-electron chi connectivity index (χ0n) is 19.9. The molecule has 0 aliphatic carbocycles. The summed E-state index contributed by atoms with van der Waals surface area (Å²) in [5.74, 6) is 1.99. The number of methoxy groups -OCH3 is 2. The van der Waals surface area contributed by atoms with Gasteiger partial charge in [-0.25, -0.2) is 4.79 Å². The number of nitrogens with zero attached hydrogens (tertiary/aromatic N) is 1. The fraction of sp³-hybridized carbons (Fsp3) is 0.423. The summed E-state index contributed by atoms with van der Waals surface area (Å²) in [6.07, 6.45) is 1.85. The number of H-pyrrole nitrogens is 1. The quantitative estimate of drug-likeness (QED) is 0.545. The molecule has 2 heterocycles. The summed E-state index contributed by atoms with van der Waals surface area (Å²) in [7, 11) is 4.89. The Morgan fingerprint density at radius 2 is 1.85 bits per heavy atom. The minimum atomic E-state index is -0.368. The van der Waals surface area contributed by atoms with Crippen LogP contribution < -0.4 is 14.8 Å². The van der Waals surface area contributed by atoms with Crippen molar-refractivity contribution in [1.82, 2.24) is 15.2 Å². The van der Waals surface area contributed by atoms with Gasteiger partial charge in [0.15, 0.2) is 11.5 Å². The predicted octanol–water partition coefficient (Wildman–Crippen LogP) is 4.70. The third-order valence-electron chi connectivity index (χ3n) is 6.66. The monoisotopic (exact) mass is 451 g/mol. The van der Waals surface area contributed by atoms with E-state index in [4.69, 9.17) is 14.2 Å². The number of aromatic amines is 1. The van der Waals surface area contributed by atoms with E-state index in [0.29, 0.717) is 12.5 Å². The molecule has 0 unspecified atom stereocenters. The third kappa shape index (κ3) is 4.93. The molecule has 7 nitrogen and oxygen atoms in total.